The third kappa shape index (κ3) is 3.45. The Kier molecular flexibility index (Phi) is 5.64. The molecule has 0 amide bonds. The lowest BCUT2D eigenvalue weighted by atomic mass is 9.95. The van der Waals surface area contributed by atoms with Crippen molar-refractivity contribution in [3.8, 4) is 0 Å². The predicted molar refractivity (Wildman–Crippen MR) is 115 cm³/mol. The molecule has 0 aromatic carbocycles. The number of allylic oxidation sites excluding steroid dienone is 2. The topological polar surface area (TPSA) is 54.0 Å². The summed E-state index contributed by atoms with van der Waals surface area (Å²) in [5.74, 6) is -0.569. The Hall–Kier alpha value is -0.0200. The Morgan fingerprint density at radius 2 is 1.90 bits per heavy atom. The molecule has 0 aromatic rings. The summed E-state index contributed by atoms with van der Waals surface area (Å²) in [6, 6.07) is 0. The minimum atomic E-state index is -1.11. The monoisotopic (exact) mass is 458 g/mol. The lowest BCUT2D eigenvalue weighted by Gasteiger charge is -2.49. The zero-order valence-corrected chi connectivity index (χ0v) is 19.1. The average molecular weight is 459 g/mol. The fourth-order valence-corrected chi connectivity index (χ4v) is 7.54. The molecule has 0 spiro atoms. The lowest BCUT2D eigenvalue weighted by Crippen LogP contribution is -2.58. The zero-order chi connectivity index (χ0) is 20.2. The number of hydrogen-bond acceptors (Lipinski definition) is 7. The maximum atomic E-state index is 12.1. The maximum Gasteiger partial charge on any atom is 0.252 e. The van der Waals surface area contributed by atoms with Gasteiger partial charge in [-0.15, -0.1) is 23.5 Å². The molecule has 4 bridgehead atoms. The summed E-state index contributed by atoms with van der Waals surface area (Å²) in [6.45, 7) is 0.815. The zero-order valence-electron chi connectivity index (χ0n) is 16.7. The summed E-state index contributed by atoms with van der Waals surface area (Å²) in [5, 5.41) is -0.498. The molecule has 5 nitrogen and oxygen atoms in total. The second-order valence-electron chi connectivity index (χ2n) is 8.58. The van der Waals surface area contributed by atoms with E-state index in [1.165, 1.54) is 0 Å². The number of ether oxygens (including phenoxy) is 4. The van der Waals surface area contributed by atoms with Gasteiger partial charge in [0.2, 0.25) is 5.79 Å². The van der Waals surface area contributed by atoms with Crippen LogP contribution in [0.3, 0.4) is 0 Å². The number of halogens is 1. The van der Waals surface area contributed by atoms with E-state index >= 15 is 0 Å². The van der Waals surface area contributed by atoms with Crippen LogP contribution in [0.2, 0.25) is 0 Å². The molecule has 3 aliphatic heterocycles. The molecule has 2 aliphatic carbocycles. The average Bonchev–Trinajstić information content (AvgIpc) is 3.50. The first kappa shape index (κ1) is 20.9. The van der Waals surface area contributed by atoms with Crippen LogP contribution in [0, 0.1) is 5.92 Å². The minimum Gasteiger partial charge on any atom is -0.375 e. The normalized spacial score (nSPS) is 44.4. The van der Waals surface area contributed by atoms with Gasteiger partial charge in [0, 0.05) is 12.0 Å². The van der Waals surface area contributed by atoms with Gasteiger partial charge in [-0.1, -0.05) is 12.2 Å². The number of carbonyl (C=O) groups excluding carboxylic acids is 1. The first-order valence-corrected chi connectivity index (χ1v) is 13.1. The Labute approximate surface area is 185 Å². The molecule has 8 heteroatoms. The third-order valence-corrected chi connectivity index (χ3v) is 10.2. The molecular weight excluding hydrogens is 432 g/mol. The highest BCUT2D eigenvalue weighted by Gasteiger charge is 2.59. The quantitative estimate of drug-likeness (QED) is 0.423. The first-order chi connectivity index (χ1) is 14.0. The summed E-state index contributed by atoms with van der Waals surface area (Å²) in [7, 11) is 0. The van der Waals surface area contributed by atoms with E-state index in [2.05, 4.69) is 12.5 Å². The van der Waals surface area contributed by atoms with Crippen LogP contribution in [-0.2, 0) is 23.7 Å². The van der Waals surface area contributed by atoms with E-state index in [1.807, 2.05) is 12.2 Å². The van der Waals surface area contributed by atoms with Gasteiger partial charge in [0.15, 0.2) is 0 Å². The molecule has 0 aromatic heterocycles. The van der Waals surface area contributed by atoms with Crippen molar-refractivity contribution in [3.05, 3.63) is 23.8 Å². The van der Waals surface area contributed by atoms with Gasteiger partial charge in [-0.05, 0) is 61.8 Å². The van der Waals surface area contributed by atoms with Gasteiger partial charge in [-0.25, -0.2) is 0 Å². The van der Waals surface area contributed by atoms with Crippen molar-refractivity contribution in [2.45, 2.75) is 72.5 Å². The molecule has 0 N–H and O–H groups in total. The van der Waals surface area contributed by atoms with Crippen LogP contribution >= 0.6 is 35.1 Å². The first-order valence-electron chi connectivity index (χ1n) is 10.3. The predicted octanol–water partition coefficient (Wildman–Crippen LogP) is 3.90. The molecule has 7 unspecified atom stereocenters. The Bertz CT molecular complexity index is 707. The smallest absolute Gasteiger partial charge is 0.252 e. The van der Waals surface area contributed by atoms with Crippen LogP contribution in [0.25, 0.3) is 0 Å². The van der Waals surface area contributed by atoms with Crippen molar-refractivity contribution in [1.82, 2.24) is 0 Å². The molecule has 160 valence electrons. The number of carbonyl (C=O) groups is 1. The second-order valence-corrected chi connectivity index (χ2v) is 11.3. The van der Waals surface area contributed by atoms with Gasteiger partial charge in [0.1, 0.15) is 4.08 Å². The highest BCUT2D eigenvalue weighted by molar-refractivity contribution is 8.18. The maximum absolute atomic E-state index is 12.1. The summed E-state index contributed by atoms with van der Waals surface area (Å²) in [6.07, 6.45) is 15.0. The Morgan fingerprint density at radius 3 is 2.41 bits per heavy atom. The highest BCUT2D eigenvalue weighted by atomic mass is 35.5. The van der Waals surface area contributed by atoms with Crippen molar-refractivity contribution < 1.29 is 23.7 Å². The molecule has 0 radical (unpaired) electrons. The summed E-state index contributed by atoms with van der Waals surface area (Å²) in [5.41, 5.74) is 0.415. The van der Waals surface area contributed by atoms with Gasteiger partial charge in [0.25, 0.3) is 5.24 Å². The van der Waals surface area contributed by atoms with Gasteiger partial charge in [-0.2, -0.15) is 0 Å². The van der Waals surface area contributed by atoms with E-state index in [0.29, 0.717) is 11.5 Å². The number of thioether (sulfide) groups is 2. The molecule has 29 heavy (non-hydrogen) atoms. The molecule has 3 saturated heterocycles. The minimum absolute atomic E-state index is 0.0543. The van der Waals surface area contributed by atoms with Crippen LogP contribution in [0.1, 0.15) is 32.1 Å². The van der Waals surface area contributed by atoms with Crippen molar-refractivity contribution >= 4 is 40.4 Å². The van der Waals surface area contributed by atoms with Crippen molar-refractivity contribution in [2.75, 3.05) is 19.1 Å². The van der Waals surface area contributed by atoms with Gasteiger partial charge in [-0.3, -0.25) is 4.79 Å². The standard InChI is InChI=1S/C21H27ClO5S2/c1-28-21(29-2)6-5-13(19(22)23)10-20(21,26-17-8-12-7-16(17)24-11-12)27-18-9-14-3-4-15(18)25-14/h5-6,10,12,14-18H,3-4,7-9,11H2,1-2H3. The van der Waals surface area contributed by atoms with E-state index in [9.17, 15) is 4.79 Å². The largest absolute Gasteiger partial charge is 0.375 e. The Morgan fingerprint density at radius 1 is 1.14 bits per heavy atom. The van der Waals surface area contributed by atoms with E-state index in [4.69, 9.17) is 30.5 Å². The van der Waals surface area contributed by atoms with E-state index in [1.54, 1.807) is 29.6 Å². The van der Waals surface area contributed by atoms with Gasteiger partial charge >= 0.3 is 0 Å². The molecule has 7 atom stereocenters. The van der Waals surface area contributed by atoms with Crippen molar-refractivity contribution in [2.24, 2.45) is 5.92 Å². The van der Waals surface area contributed by atoms with E-state index < -0.39 is 15.1 Å². The highest BCUT2D eigenvalue weighted by Crippen LogP contribution is 2.55. The van der Waals surface area contributed by atoms with Gasteiger partial charge < -0.3 is 18.9 Å². The summed E-state index contributed by atoms with van der Waals surface area (Å²) < 4.78 is 25.1. The summed E-state index contributed by atoms with van der Waals surface area (Å²) >= 11 is 9.22. The second kappa shape index (κ2) is 7.84. The molecular formula is C21H27ClO5S2. The van der Waals surface area contributed by atoms with E-state index in [-0.39, 0.29) is 30.5 Å². The molecule has 5 aliphatic rings. The summed E-state index contributed by atoms with van der Waals surface area (Å²) in [4.78, 5) is 12.1. The number of fused-ring (bicyclic) bond motifs is 4. The molecule has 3 heterocycles. The van der Waals surface area contributed by atoms with Gasteiger partial charge in [0.05, 0.1) is 37.1 Å². The third-order valence-electron chi connectivity index (χ3n) is 6.94. The van der Waals surface area contributed by atoms with Crippen LogP contribution in [0.5, 0.6) is 0 Å². The molecule has 5 rings (SSSR count). The lowest BCUT2D eigenvalue weighted by molar-refractivity contribution is -0.269. The fourth-order valence-electron chi connectivity index (χ4n) is 5.47. The Balaban J connectivity index is 1.53. The van der Waals surface area contributed by atoms with Crippen molar-refractivity contribution in [1.29, 1.82) is 0 Å². The van der Waals surface area contributed by atoms with Crippen LogP contribution < -0.4 is 0 Å². The molecule has 1 saturated carbocycles. The number of hydrogen-bond donors (Lipinski definition) is 0. The molecule has 4 fully saturated rings. The fraction of sp³-hybridized carbons (Fsp3) is 0.762. The number of rotatable bonds is 7. The van der Waals surface area contributed by atoms with E-state index in [0.717, 1.165) is 38.7 Å². The van der Waals surface area contributed by atoms with Crippen LogP contribution in [0.4, 0.5) is 0 Å². The van der Waals surface area contributed by atoms with Crippen LogP contribution in [0.15, 0.2) is 23.8 Å². The van der Waals surface area contributed by atoms with Crippen molar-refractivity contribution in [3.63, 3.8) is 0 Å². The SMILES string of the molecule is CSC1(SC)C=CC(C(=O)Cl)=CC1(OC1CC2COC1C2)OC1CC2CCC1O2. The van der Waals surface area contributed by atoms with Crippen LogP contribution in [-0.4, -0.2) is 64.7 Å².